The molecule has 90 valence electrons. The number of hydrogen-bond acceptors (Lipinski definition) is 3. The molecule has 2 aromatic heterocycles. The fourth-order valence-electron chi connectivity index (χ4n) is 1.66. The van der Waals surface area contributed by atoms with Crippen molar-refractivity contribution in [1.82, 2.24) is 19.5 Å². The van der Waals surface area contributed by atoms with E-state index in [1.54, 1.807) is 17.0 Å². The van der Waals surface area contributed by atoms with E-state index in [9.17, 15) is 0 Å². The Bertz CT molecular complexity index is 738. The lowest BCUT2D eigenvalue weighted by Gasteiger charge is -2.05. The molecule has 0 spiro atoms. The lowest BCUT2D eigenvalue weighted by molar-refractivity contribution is 1.06. The van der Waals surface area contributed by atoms with Crippen LogP contribution in [0.5, 0.6) is 0 Å². The number of rotatable bonds is 1. The molecule has 0 atom stereocenters. The SMILES string of the molecule is Clc1nc(Cl)c2ncn(-c3ccccc3Cl)c2n1. The van der Waals surface area contributed by atoms with Crippen LogP contribution in [0.15, 0.2) is 30.6 Å². The average molecular weight is 300 g/mol. The van der Waals surface area contributed by atoms with Gasteiger partial charge in [0.05, 0.1) is 10.7 Å². The highest BCUT2D eigenvalue weighted by molar-refractivity contribution is 6.35. The van der Waals surface area contributed by atoms with Crippen molar-refractivity contribution in [3.8, 4) is 5.69 Å². The van der Waals surface area contributed by atoms with E-state index in [0.717, 1.165) is 5.69 Å². The van der Waals surface area contributed by atoms with Crippen molar-refractivity contribution < 1.29 is 0 Å². The van der Waals surface area contributed by atoms with Crippen molar-refractivity contribution in [3.63, 3.8) is 0 Å². The van der Waals surface area contributed by atoms with Crippen LogP contribution in [0.1, 0.15) is 0 Å². The van der Waals surface area contributed by atoms with Crippen molar-refractivity contribution >= 4 is 46.0 Å². The summed E-state index contributed by atoms with van der Waals surface area (Å²) in [5.41, 5.74) is 1.77. The van der Waals surface area contributed by atoms with Crippen molar-refractivity contribution in [2.75, 3.05) is 0 Å². The molecule has 1 aromatic carbocycles. The number of halogens is 3. The summed E-state index contributed by atoms with van der Waals surface area (Å²) >= 11 is 17.9. The van der Waals surface area contributed by atoms with E-state index in [1.807, 2.05) is 18.2 Å². The van der Waals surface area contributed by atoms with Gasteiger partial charge in [0.25, 0.3) is 0 Å². The average Bonchev–Trinajstić information content (AvgIpc) is 2.73. The van der Waals surface area contributed by atoms with Gasteiger partial charge in [-0.25, -0.2) is 9.97 Å². The highest BCUT2D eigenvalue weighted by Crippen LogP contribution is 2.26. The van der Waals surface area contributed by atoms with Crippen molar-refractivity contribution in [2.24, 2.45) is 0 Å². The predicted octanol–water partition coefficient (Wildman–Crippen LogP) is 3.78. The van der Waals surface area contributed by atoms with Gasteiger partial charge in [0.1, 0.15) is 11.8 Å². The third-order valence-corrected chi connectivity index (χ3v) is 3.19. The zero-order valence-corrected chi connectivity index (χ0v) is 11.1. The van der Waals surface area contributed by atoms with Crippen molar-refractivity contribution in [1.29, 1.82) is 0 Å². The molecule has 0 saturated heterocycles. The van der Waals surface area contributed by atoms with E-state index in [-0.39, 0.29) is 10.4 Å². The normalized spacial score (nSPS) is 11.1. The summed E-state index contributed by atoms with van der Waals surface area (Å²) in [6, 6.07) is 7.36. The monoisotopic (exact) mass is 298 g/mol. The van der Waals surface area contributed by atoms with Gasteiger partial charge in [-0.2, -0.15) is 4.98 Å². The first kappa shape index (κ1) is 11.7. The Morgan fingerprint density at radius 1 is 1.00 bits per heavy atom. The van der Waals surface area contributed by atoms with Crippen LogP contribution < -0.4 is 0 Å². The second-order valence-electron chi connectivity index (χ2n) is 3.52. The number of aromatic nitrogens is 4. The molecule has 0 fully saturated rings. The summed E-state index contributed by atoms with van der Waals surface area (Å²) in [6.45, 7) is 0. The number of fused-ring (bicyclic) bond motifs is 1. The number of benzene rings is 1. The quantitative estimate of drug-likeness (QED) is 0.507. The summed E-state index contributed by atoms with van der Waals surface area (Å²) in [5.74, 6) is 0. The molecule has 0 aliphatic rings. The van der Waals surface area contributed by atoms with E-state index in [1.165, 1.54) is 0 Å². The first-order valence-corrected chi connectivity index (χ1v) is 6.11. The minimum atomic E-state index is 0.0707. The van der Waals surface area contributed by atoms with Crippen LogP contribution in [-0.4, -0.2) is 19.5 Å². The molecule has 0 saturated carbocycles. The lowest BCUT2D eigenvalue weighted by atomic mass is 10.3. The lowest BCUT2D eigenvalue weighted by Crippen LogP contribution is -1.96. The molecule has 0 aliphatic carbocycles. The maximum absolute atomic E-state index is 6.14. The molecule has 2 heterocycles. The smallest absolute Gasteiger partial charge is 0.225 e. The molecule has 3 aromatic rings. The summed E-state index contributed by atoms with van der Waals surface area (Å²) in [5, 5.41) is 0.875. The maximum atomic E-state index is 6.14. The van der Waals surface area contributed by atoms with E-state index >= 15 is 0 Å². The Hall–Kier alpha value is -1.36. The highest BCUT2D eigenvalue weighted by atomic mass is 35.5. The fourth-order valence-corrected chi connectivity index (χ4v) is 2.31. The molecular weight excluding hydrogens is 295 g/mol. The van der Waals surface area contributed by atoms with Gasteiger partial charge in [-0.15, -0.1) is 0 Å². The van der Waals surface area contributed by atoms with Crippen LogP contribution in [0.2, 0.25) is 15.5 Å². The third-order valence-electron chi connectivity index (χ3n) is 2.44. The fraction of sp³-hybridized carbons (Fsp3) is 0. The largest absolute Gasteiger partial charge is 0.282 e. The van der Waals surface area contributed by atoms with E-state index in [0.29, 0.717) is 16.2 Å². The summed E-state index contributed by atoms with van der Waals surface area (Å²) < 4.78 is 1.72. The van der Waals surface area contributed by atoms with Gasteiger partial charge >= 0.3 is 0 Å². The standard InChI is InChI=1S/C11H5Cl3N4/c12-6-3-1-2-4-7(6)18-5-15-8-9(13)16-11(14)17-10(8)18/h1-5H. The maximum Gasteiger partial charge on any atom is 0.225 e. The van der Waals surface area contributed by atoms with Gasteiger partial charge in [0.2, 0.25) is 5.28 Å². The van der Waals surface area contributed by atoms with Gasteiger partial charge in [-0.1, -0.05) is 35.3 Å². The second kappa shape index (κ2) is 4.39. The molecule has 0 aliphatic heterocycles. The number of nitrogens with zero attached hydrogens (tertiary/aromatic N) is 4. The predicted molar refractivity (Wildman–Crippen MR) is 71.7 cm³/mol. The van der Waals surface area contributed by atoms with E-state index in [2.05, 4.69) is 15.0 Å². The third kappa shape index (κ3) is 1.82. The Morgan fingerprint density at radius 3 is 2.56 bits per heavy atom. The van der Waals surface area contributed by atoms with Gasteiger partial charge in [-0.3, -0.25) is 4.57 Å². The Balaban J connectivity index is 2.34. The van der Waals surface area contributed by atoms with Crippen LogP contribution in [-0.2, 0) is 0 Å². The molecular formula is C11H5Cl3N4. The summed E-state index contributed by atoms with van der Waals surface area (Å²) in [7, 11) is 0. The first-order chi connectivity index (χ1) is 8.66. The molecule has 4 nitrogen and oxygen atoms in total. The van der Waals surface area contributed by atoms with Gasteiger partial charge in [0, 0.05) is 0 Å². The molecule has 0 radical (unpaired) electrons. The first-order valence-electron chi connectivity index (χ1n) is 4.98. The Kier molecular flexibility index (Phi) is 2.86. The zero-order valence-electron chi connectivity index (χ0n) is 8.81. The van der Waals surface area contributed by atoms with Gasteiger partial charge < -0.3 is 0 Å². The highest BCUT2D eigenvalue weighted by Gasteiger charge is 2.13. The molecule has 3 rings (SSSR count). The van der Waals surface area contributed by atoms with Crippen LogP contribution in [0, 0.1) is 0 Å². The number of hydrogen-bond donors (Lipinski definition) is 0. The second-order valence-corrected chi connectivity index (χ2v) is 4.62. The molecule has 0 unspecified atom stereocenters. The topological polar surface area (TPSA) is 43.6 Å². The molecule has 0 bridgehead atoms. The van der Waals surface area contributed by atoms with E-state index in [4.69, 9.17) is 34.8 Å². The number of para-hydroxylation sites is 1. The molecule has 18 heavy (non-hydrogen) atoms. The molecule has 0 N–H and O–H groups in total. The minimum Gasteiger partial charge on any atom is -0.282 e. The van der Waals surface area contributed by atoms with Crippen molar-refractivity contribution in [2.45, 2.75) is 0 Å². The molecule has 0 amide bonds. The van der Waals surface area contributed by atoms with Crippen LogP contribution in [0.25, 0.3) is 16.9 Å². The zero-order chi connectivity index (χ0) is 12.7. The van der Waals surface area contributed by atoms with Gasteiger partial charge in [0.15, 0.2) is 10.8 Å². The Labute approximate surface area is 117 Å². The van der Waals surface area contributed by atoms with Gasteiger partial charge in [-0.05, 0) is 23.7 Å². The summed E-state index contributed by atoms with van der Waals surface area (Å²) in [4.78, 5) is 12.1. The van der Waals surface area contributed by atoms with Crippen LogP contribution >= 0.6 is 34.8 Å². The number of imidazole rings is 1. The van der Waals surface area contributed by atoms with Crippen LogP contribution in [0.4, 0.5) is 0 Å². The van der Waals surface area contributed by atoms with Crippen molar-refractivity contribution in [3.05, 3.63) is 46.1 Å². The Morgan fingerprint density at radius 2 is 1.78 bits per heavy atom. The van der Waals surface area contributed by atoms with E-state index < -0.39 is 0 Å². The van der Waals surface area contributed by atoms with Crippen LogP contribution in [0.3, 0.4) is 0 Å². The molecule has 7 heteroatoms. The summed E-state index contributed by atoms with van der Waals surface area (Å²) in [6.07, 6.45) is 1.59. The minimum absolute atomic E-state index is 0.0707.